The first-order valence-corrected chi connectivity index (χ1v) is 7.51. The van der Waals surface area contributed by atoms with E-state index in [9.17, 15) is 0 Å². The Morgan fingerprint density at radius 2 is 1.89 bits per heavy atom. The maximum absolute atomic E-state index is 4.48. The zero-order valence-electron chi connectivity index (χ0n) is 11.4. The summed E-state index contributed by atoms with van der Waals surface area (Å²) in [7, 11) is 0. The molecule has 0 amide bonds. The molecule has 1 aliphatic carbocycles. The van der Waals surface area contributed by atoms with E-state index in [4.69, 9.17) is 0 Å². The van der Waals surface area contributed by atoms with Crippen LogP contribution in [0.2, 0.25) is 0 Å². The lowest BCUT2D eigenvalue weighted by Gasteiger charge is -2.21. The van der Waals surface area contributed by atoms with Crippen molar-refractivity contribution in [3.05, 3.63) is 36.5 Å². The van der Waals surface area contributed by atoms with Crippen LogP contribution in [0.5, 0.6) is 0 Å². The molecule has 0 atom stereocenters. The van der Waals surface area contributed by atoms with Crippen LogP contribution in [0, 0.1) is 5.92 Å². The molecule has 0 radical (unpaired) electrons. The lowest BCUT2D eigenvalue weighted by molar-refractivity contribution is 0.345. The standard InChI is InChI=1S/C17H22N2/c1-2-6-14(7-3-1)10-12-18-17-16-9-5-4-8-15(16)11-13-19-17/h4-5,8-9,11,13-14H,1-3,6-7,10,12H2,(H,18,19). The Morgan fingerprint density at radius 1 is 1.05 bits per heavy atom. The van der Waals surface area contributed by atoms with Crippen LogP contribution in [-0.4, -0.2) is 11.5 Å². The summed E-state index contributed by atoms with van der Waals surface area (Å²) < 4.78 is 0. The third kappa shape index (κ3) is 3.06. The number of pyridine rings is 1. The normalized spacial score (nSPS) is 16.6. The lowest BCUT2D eigenvalue weighted by Crippen LogP contribution is -2.12. The fraction of sp³-hybridized carbons (Fsp3) is 0.471. The Balaban J connectivity index is 1.62. The molecule has 1 heterocycles. The molecule has 1 aromatic heterocycles. The summed E-state index contributed by atoms with van der Waals surface area (Å²) in [5, 5.41) is 6.02. The number of rotatable bonds is 4. The van der Waals surface area contributed by atoms with Gasteiger partial charge in [-0.1, -0.05) is 56.4 Å². The van der Waals surface area contributed by atoms with Crippen molar-refractivity contribution in [1.29, 1.82) is 0 Å². The number of hydrogen-bond acceptors (Lipinski definition) is 2. The summed E-state index contributed by atoms with van der Waals surface area (Å²) in [6.07, 6.45) is 10.3. The van der Waals surface area contributed by atoms with Gasteiger partial charge in [-0.05, 0) is 23.8 Å². The van der Waals surface area contributed by atoms with Gasteiger partial charge in [0.05, 0.1) is 0 Å². The molecule has 100 valence electrons. The van der Waals surface area contributed by atoms with Crippen molar-refractivity contribution >= 4 is 16.6 Å². The van der Waals surface area contributed by atoms with Gasteiger partial charge in [0.15, 0.2) is 0 Å². The lowest BCUT2D eigenvalue weighted by atomic mass is 9.87. The van der Waals surface area contributed by atoms with Gasteiger partial charge in [-0.25, -0.2) is 4.98 Å². The average molecular weight is 254 g/mol. The number of nitrogens with one attached hydrogen (secondary N) is 1. The second kappa shape index (κ2) is 6.05. The van der Waals surface area contributed by atoms with Crippen molar-refractivity contribution in [2.45, 2.75) is 38.5 Å². The highest BCUT2D eigenvalue weighted by Gasteiger charge is 2.12. The summed E-state index contributed by atoms with van der Waals surface area (Å²) in [5.74, 6) is 1.96. The Bertz CT molecular complexity index is 524. The van der Waals surface area contributed by atoms with Gasteiger partial charge in [0.1, 0.15) is 5.82 Å². The minimum absolute atomic E-state index is 0.927. The van der Waals surface area contributed by atoms with Gasteiger partial charge in [0.2, 0.25) is 0 Å². The van der Waals surface area contributed by atoms with E-state index < -0.39 is 0 Å². The second-order valence-electron chi connectivity index (χ2n) is 5.60. The molecule has 1 saturated carbocycles. The molecule has 2 aromatic rings. The molecule has 2 nitrogen and oxygen atoms in total. The maximum Gasteiger partial charge on any atom is 0.133 e. The highest BCUT2D eigenvalue weighted by Crippen LogP contribution is 2.26. The first-order valence-electron chi connectivity index (χ1n) is 7.51. The van der Waals surface area contributed by atoms with E-state index >= 15 is 0 Å². The zero-order valence-corrected chi connectivity index (χ0v) is 11.4. The van der Waals surface area contributed by atoms with E-state index in [1.54, 1.807) is 0 Å². The Labute approximate surface area is 115 Å². The first kappa shape index (κ1) is 12.5. The van der Waals surface area contributed by atoms with Gasteiger partial charge in [-0.2, -0.15) is 0 Å². The molecule has 0 bridgehead atoms. The molecule has 3 rings (SSSR count). The van der Waals surface area contributed by atoms with Gasteiger partial charge in [-0.3, -0.25) is 0 Å². The largest absolute Gasteiger partial charge is 0.370 e. The van der Waals surface area contributed by atoms with Crippen LogP contribution in [0.25, 0.3) is 10.8 Å². The molecule has 1 aromatic carbocycles. The molecule has 0 aliphatic heterocycles. The van der Waals surface area contributed by atoms with Crippen LogP contribution in [0.15, 0.2) is 36.5 Å². The zero-order chi connectivity index (χ0) is 12.9. The number of fused-ring (bicyclic) bond motifs is 1. The fourth-order valence-electron chi connectivity index (χ4n) is 3.13. The van der Waals surface area contributed by atoms with Crippen molar-refractivity contribution in [1.82, 2.24) is 4.98 Å². The first-order chi connectivity index (χ1) is 9.43. The molecular formula is C17H22N2. The molecule has 1 aliphatic rings. The third-order valence-electron chi connectivity index (χ3n) is 4.24. The Kier molecular flexibility index (Phi) is 3.97. The predicted octanol–water partition coefficient (Wildman–Crippen LogP) is 4.62. The summed E-state index contributed by atoms with van der Waals surface area (Å²) in [5.41, 5.74) is 0. The Morgan fingerprint density at radius 3 is 2.79 bits per heavy atom. The number of aromatic nitrogens is 1. The smallest absolute Gasteiger partial charge is 0.133 e. The summed E-state index contributed by atoms with van der Waals surface area (Å²) in [6.45, 7) is 1.05. The average Bonchev–Trinajstić information content (AvgIpc) is 2.49. The van der Waals surface area contributed by atoms with Crippen LogP contribution in [0.4, 0.5) is 5.82 Å². The van der Waals surface area contributed by atoms with Crippen molar-refractivity contribution in [2.24, 2.45) is 5.92 Å². The van der Waals surface area contributed by atoms with Crippen molar-refractivity contribution in [3.63, 3.8) is 0 Å². The van der Waals surface area contributed by atoms with Crippen LogP contribution in [-0.2, 0) is 0 Å². The number of nitrogens with zero attached hydrogens (tertiary/aromatic N) is 1. The van der Waals surface area contributed by atoms with Crippen LogP contribution < -0.4 is 5.32 Å². The van der Waals surface area contributed by atoms with Crippen LogP contribution >= 0.6 is 0 Å². The third-order valence-corrected chi connectivity index (χ3v) is 4.24. The number of benzene rings is 1. The maximum atomic E-state index is 4.48. The monoisotopic (exact) mass is 254 g/mol. The van der Waals surface area contributed by atoms with Gasteiger partial charge in [0.25, 0.3) is 0 Å². The van der Waals surface area contributed by atoms with Crippen LogP contribution in [0.1, 0.15) is 38.5 Å². The highest BCUT2D eigenvalue weighted by atomic mass is 15.0. The molecule has 0 spiro atoms. The van der Waals surface area contributed by atoms with Crippen molar-refractivity contribution in [2.75, 3.05) is 11.9 Å². The van der Waals surface area contributed by atoms with Gasteiger partial charge in [-0.15, -0.1) is 0 Å². The summed E-state index contributed by atoms with van der Waals surface area (Å²) in [4.78, 5) is 4.48. The molecule has 0 unspecified atom stereocenters. The number of anilines is 1. The van der Waals surface area contributed by atoms with E-state index in [0.29, 0.717) is 0 Å². The van der Waals surface area contributed by atoms with Gasteiger partial charge in [0, 0.05) is 18.1 Å². The second-order valence-corrected chi connectivity index (χ2v) is 5.60. The molecule has 1 N–H and O–H groups in total. The van der Waals surface area contributed by atoms with E-state index in [0.717, 1.165) is 18.3 Å². The van der Waals surface area contributed by atoms with Gasteiger partial charge < -0.3 is 5.32 Å². The molecule has 19 heavy (non-hydrogen) atoms. The van der Waals surface area contributed by atoms with E-state index in [2.05, 4.69) is 40.6 Å². The van der Waals surface area contributed by atoms with E-state index in [-0.39, 0.29) is 0 Å². The Hall–Kier alpha value is -1.57. The topological polar surface area (TPSA) is 24.9 Å². The molecule has 0 saturated heterocycles. The minimum atomic E-state index is 0.927. The minimum Gasteiger partial charge on any atom is -0.370 e. The van der Waals surface area contributed by atoms with Gasteiger partial charge >= 0.3 is 0 Å². The van der Waals surface area contributed by atoms with Crippen molar-refractivity contribution in [3.8, 4) is 0 Å². The van der Waals surface area contributed by atoms with E-state index in [1.165, 1.54) is 49.3 Å². The molecule has 2 heteroatoms. The SMILES string of the molecule is c1ccc2c(NCCC3CCCCC3)nccc2c1. The highest BCUT2D eigenvalue weighted by molar-refractivity contribution is 5.91. The predicted molar refractivity (Wildman–Crippen MR) is 81.4 cm³/mol. The summed E-state index contributed by atoms with van der Waals surface area (Å²) in [6, 6.07) is 10.5. The quantitative estimate of drug-likeness (QED) is 0.861. The molecule has 1 fully saturated rings. The van der Waals surface area contributed by atoms with Crippen LogP contribution in [0.3, 0.4) is 0 Å². The fourth-order valence-corrected chi connectivity index (χ4v) is 3.13. The summed E-state index contributed by atoms with van der Waals surface area (Å²) >= 11 is 0. The molecular weight excluding hydrogens is 232 g/mol. The van der Waals surface area contributed by atoms with E-state index in [1.807, 2.05) is 6.20 Å². The van der Waals surface area contributed by atoms with Crippen molar-refractivity contribution < 1.29 is 0 Å². The number of hydrogen-bond donors (Lipinski definition) is 1.